The first-order valence-electron chi connectivity index (χ1n) is 19.0. The van der Waals surface area contributed by atoms with Crippen LogP contribution in [0.1, 0.15) is 74.9 Å². The second-order valence-electron chi connectivity index (χ2n) is 16.9. The molecule has 262 valence electrons. The fourth-order valence-electron chi connectivity index (χ4n) is 9.84. The largest absolute Gasteiger partial charge is 0.454 e. The number of rotatable bonds is 2. The zero-order chi connectivity index (χ0) is 36.7. The van der Waals surface area contributed by atoms with Crippen LogP contribution in [0.4, 0.5) is 0 Å². The van der Waals surface area contributed by atoms with Crippen molar-refractivity contribution in [3.05, 3.63) is 167 Å². The third kappa shape index (κ3) is 4.31. The molecule has 11 rings (SSSR count). The molecule has 0 spiro atoms. The maximum absolute atomic E-state index is 7.08. The third-order valence-corrected chi connectivity index (χ3v) is 15.1. The predicted molar refractivity (Wildman–Crippen MR) is 226 cm³/mol. The zero-order valence-corrected chi connectivity index (χ0v) is 33.1. The molecule has 3 heteroatoms. The van der Waals surface area contributed by atoms with Crippen molar-refractivity contribution in [1.29, 1.82) is 0 Å². The lowest BCUT2D eigenvalue weighted by atomic mass is 9.75. The standard InChI is InChI=1S/C51H40OS2/c1-49(2)35-17-8-7-15-33(35)44-37(49)25-26-43-47(44)52-46-32(16-12-20-42(46)53-43)31-14-11-13-29(27-31)30-21-22-34-40(28-30)51(5,6)38-23-24-39-48(45(34)38)54-41-19-10-9-18-36(41)50(39,3)4/h7-28H,1-6H3. The second-order valence-corrected chi connectivity index (χ2v) is 19.0. The van der Waals surface area contributed by atoms with Gasteiger partial charge in [-0.05, 0) is 91.5 Å². The van der Waals surface area contributed by atoms with Crippen molar-refractivity contribution in [2.24, 2.45) is 0 Å². The molecule has 7 aromatic rings. The fourth-order valence-corrected chi connectivity index (χ4v) is 12.4. The molecule has 0 saturated heterocycles. The molecule has 0 amide bonds. The van der Waals surface area contributed by atoms with Gasteiger partial charge in [-0.15, -0.1) is 0 Å². The molecule has 0 saturated carbocycles. The first-order valence-corrected chi connectivity index (χ1v) is 20.6. The van der Waals surface area contributed by atoms with Crippen molar-refractivity contribution < 1.29 is 4.74 Å². The Morgan fingerprint density at radius 3 is 1.83 bits per heavy atom. The molecule has 0 N–H and O–H groups in total. The van der Waals surface area contributed by atoms with E-state index in [2.05, 4.69) is 175 Å². The van der Waals surface area contributed by atoms with Crippen LogP contribution < -0.4 is 4.74 Å². The summed E-state index contributed by atoms with van der Waals surface area (Å²) in [6.07, 6.45) is 0. The van der Waals surface area contributed by atoms with Crippen LogP contribution >= 0.6 is 23.5 Å². The Kier molecular flexibility index (Phi) is 6.65. The molecule has 7 aromatic carbocycles. The molecule has 0 unspecified atom stereocenters. The van der Waals surface area contributed by atoms with E-state index in [4.69, 9.17) is 4.74 Å². The maximum atomic E-state index is 7.08. The molecular weight excluding hydrogens is 693 g/mol. The van der Waals surface area contributed by atoms with Crippen LogP contribution in [0.25, 0.3) is 44.5 Å². The van der Waals surface area contributed by atoms with Crippen LogP contribution in [0.2, 0.25) is 0 Å². The highest BCUT2D eigenvalue weighted by atomic mass is 32.2. The van der Waals surface area contributed by atoms with Gasteiger partial charge in [0.25, 0.3) is 0 Å². The topological polar surface area (TPSA) is 9.23 Å². The summed E-state index contributed by atoms with van der Waals surface area (Å²) in [5.41, 5.74) is 18.2. The van der Waals surface area contributed by atoms with Crippen LogP contribution in [0, 0.1) is 0 Å². The molecule has 54 heavy (non-hydrogen) atoms. The Morgan fingerprint density at radius 2 is 0.963 bits per heavy atom. The molecule has 2 aliphatic heterocycles. The number of hydrogen-bond acceptors (Lipinski definition) is 3. The monoisotopic (exact) mass is 732 g/mol. The first-order chi connectivity index (χ1) is 26.0. The molecule has 0 aromatic heterocycles. The molecule has 4 aliphatic rings. The van der Waals surface area contributed by atoms with Crippen molar-refractivity contribution in [3.8, 4) is 56.0 Å². The first kappa shape index (κ1) is 32.5. The summed E-state index contributed by atoms with van der Waals surface area (Å²) >= 11 is 3.77. The minimum Gasteiger partial charge on any atom is -0.454 e. The lowest BCUT2D eigenvalue weighted by molar-refractivity contribution is 0.457. The van der Waals surface area contributed by atoms with Crippen LogP contribution in [-0.4, -0.2) is 0 Å². The Bertz CT molecular complexity index is 2780. The predicted octanol–water partition coefficient (Wildman–Crippen LogP) is 14.7. The Balaban J connectivity index is 0.991. The number of fused-ring (bicyclic) bond motifs is 12. The van der Waals surface area contributed by atoms with Gasteiger partial charge in [0.2, 0.25) is 0 Å². The van der Waals surface area contributed by atoms with Crippen molar-refractivity contribution in [2.45, 2.75) is 77.4 Å². The van der Waals surface area contributed by atoms with Crippen molar-refractivity contribution in [2.75, 3.05) is 0 Å². The molecule has 2 heterocycles. The lowest BCUT2D eigenvalue weighted by Gasteiger charge is -2.36. The average Bonchev–Trinajstić information content (AvgIpc) is 3.56. The average molecular weight is 733 g/mol. The van der Waals surface area contributed by atoms with Gasteiger partial charge in [-0.1, -0.05) is 168 Å². The van der Waals surface area contributed by atoms with Crippen LogP contribution in [0.15, 0.2) is 153 Å². The number of para-hydroxylation sites is 1. The van der Waals surface area contributed by atoms with Gasteiger partial charge >= 0.3 is 0 Å². The summed E-state index contributed by atoms with van der Waals surface area (Å²) in [6.45, 7) is 14.2. The quantitative estimate of drug-likeness (QED) is 0.175. The van der Waals surface area contributed by atoms with Crippen molar-refractivity contribution in [1.82, 2.24) is 0 Å². The molecule has 2 aliphatic carbocycles. The highest BCUT2D eigenvalue weighted by Crippen LogP contribution is 2.61. The lowest BCUT2D eigenvalue weighted by Crippen LogP contribution is -2.24. The van der Waals surface area contributed by atoms with Gasteiger partial charge in [0.1, 0.15) is 11.5 Å². The van der Waals surface area contributed by atoms with Gasteiger partial charge in [0.15, 0.2) is 0 Å². The molecule has 1 nitrogen and oxygen atoms in total. The van der Waals surface area contributed by atoms with Gasteiger partial charge in [-0.2, -0.15) is 0 Å². The summed E-state index contributed by atoms with van der Waals surface area (Å²) in [5.74, 6) is 1.93. The van der Waals surface area contributed by atoms with Crippen LogP contribution in [0.5, 0.6) is 11.5 Å². The highest BCUT2D eigenvalue weighted by molar-refractivity contribution is 8.00. The highest BCUT2D eigenvalue weighted by Gasteiger charge is 2.43. The number of ether oxygens (including phenoxy) is 1. The maximum Gasteiger partial charge on any atom is 0.149 e. The van der Waals surface area contributed by atoms with E-state index in [9.17, 15) is 0 Å². The number of hydrogen-bond donors (Lipinski definition) is 0. The molecule has 0 bridgehead atoms. The fraction of sp³-hybridized carbons (Fsp3) is 0.176. The minimum atomic E-state index is -0.112. The van der Waals surface area contributed by atoms with Gasteiger partial charge in [-0.3, -0.25) is 0 Å². The van der Waals surface area contributed by atoms with E-state index in [0.29, 0.717) is 0 Å². The summed E-state index contributed by atoms with van der Waals surface area (Å²) < 4.78 is 7.08. The van der Waals surface area contributed by atoms with Crippen molar-refractivity contribution in [3.63, 3.8) is 0 Å². The molecule has 0 radical (unpaired) electrons. The Labute approximate surface area is 326 Å². The molecular formula is C51H40OS2. The summed E-state index contributed by atoms with van der Waals surface area (Å²) in [6, 6.07) is 49.9. The third-order valence-electron chi connectivity index (χ3n) is 12.8. The van der Waals surface area contributed by atoms with E-state index >= 15 is 0 Å². The smallest absolute Gasteiger partial charge is 0.149 e. The Hall–Kier alpha value is -4.96. The normalized spacial score (nSPS) is 16.8. The van der Waals surface area contributed by atoms with Gasteiger partial charge < -0.3 is 4.74 Å². The van der Waals surface area contributed by atoms with E-state index in [1.54, 1.807) is 0 Å². The van der Waals surface area contributed by atoms with E-state index in [1.807, 2.05) is 23.5 Å². The molecule has 0 fully saturated rings. The minimum absolute atomic E-state index is 0.0540. The Morgan fingerprint density at radius 1 is 0.370 bits per heavy atom. The molecule has 0 atom stereocenters. The van der Waals surface area contributed by atoms with Gasteiger partial charge in [0.05, 0.1) is 9.79 Å². The van der Waals surface area contributed by atoms with Gasteiger partial charge in [0, 0.05) is 42.7 Å². The van der Waals surface area contributed by atoms with Crippen LogP contribution in [0.3, 0.4) is 0 Å². The van der Waals surface area contributed by atoms with E-state index in [-0.39, 0.29) is 16.2 Å². The van der Waals surface area contributed by atoms with Crippen molar-refractivity contribution >= 4 is 23.5 Å². The summed E-state index contributed by atoms with van der Waals surface area (Å²) in [7, 11) is 0. The van der Waals surface area contributed by atoms with E-state index in [0.717, 1.165) is 27.5 Å². The van der Waals surface area contributed by atoms with Crippen LogP contribution in [-0.2, 0) is 16.2 Å². The summed E-state index contributed by atoms with van der Waals surface area (Å²) in [4.78, 5) is 5.12. The zero-order valence-electron chi connectivity index (χ0n) is 31.4. The number of benzene rings is 7. The van der Waals surface area contributed by atoms with E-state index < -0.39 is 0 Å². The van der Waals surface area contributed by atoms with E-state index in [1.165, 1.54) is 81.4 Å². The van der Waals surface area contributed by atoms with Gasteiger partial charge in [-0.25, -0.2) is 0 Å². The SMILES string of the molecule is CC1(C)c2ccccc2Sc2c1ccc1c2-c2ccc(-c3cccc(-c4cccc5c4Oc4c(ccc6c4-c4ccccc4C6(C)C)S5)c3)cc2C1(C)C. The summed E-state index contributed by atoms with van der Waals surface area (Å²) in [5, 5.41) is 0. The second kappa shape index (κ2) is 11.1.